The number of nitrogens with zero attached hydrogens (tertiary/aromatic N) is 2. The van der Waals surface area contributed by atoms with E-state index in [1.54, 1.807) is 0 Å². The number of aryl methyl sites for hydroxylation is 1. The number of halogens is 2. The number of carbonyl (C=O) groups is 2. The van der Waals surface area contributed by atoms with Crippen molar-refractivity contribution < 1.29 is 18.0 Å². The Morgan fingerprint density at radius 3 is 2.29 bits per heavy atom. The molecule has 2 aromatic rings. The van der Waals surface area contributed by atoms with Crippen molar-refractivity contribution in [2.24, 2.45) is 0 Å². The summed E-state index contributed by atoms with van der Waals surface area (Å²) in [6.45, 7) is 5.94. The fourth-order valence-electron chi connectivity index (χ4n) is 3.59. The van der Waals surface area contributed by atoms with E-state index in [1.165, 1.54) is 23.1 Å². The fourth-order valence-corrected chi connectivity index (χ4v) is 4.88. The summed E-state index contributed by atoms with van der Waals surface area (Å²) in [7, 11) is -3.89. The highest BCUT2D eigenvalue weighted by atomic mass is 35.5. The molecular weight excluding hydrogens is 509 g/mol. The van der Waals surface area contributed by atoms with Gasteiger partial charge in [0.1, 0.15) is 12.6 Å². The summed E-state index contributed by atoms with van der Waals surface area (Å²) < 4.78 is 26.3. The zero-order valence-corrected chi connectivity index (χ0v) is 22.9. The minimum Gasteiger partial charge on any atom is -0.354 e. The SMILES string of the molecule is CCCCNC(=O)[C@H](CC)N(Cc1ccc(C)cc1)C(=O)CN(c1cc(Cl)ccc1Cl)S(C)(=O)=O. The minimum atomic E-state index is -3.89. The lowest BCUT2D eigenvalue weighted by atomic mass is 10.1. The number of sulfonamides is 1. The zero-order valence-electron chi connectivity index (χ0n) is 20.6. The molecule has 0 unspecified atom stereocenters. The molecule has 10 heteroatoms. The molecule has 0 saturated carbocycles. The van der Waals surface area contributed by atoms with Gasteiger partial charge < -0.3 is 10.2 Å². The normalized spacial score (nSPS) is 12.2. The Morgan fingerprint density at radius 1 is 1.06 bits per heavy atom. The first-order valence-corrected chi connectivity index (χ1v) is 14.1. The number of nitrogens with one attached hydrogen (secondary N) is 1. The van der Waals surface area contributed by atoms with Gasteiger partial charge in [-0.2, -0.15) is 0 Å². The van der Waals surface area contributed by atoms with Crippen LogP contribution in [0.3, 0.4) is 0 Å². The van der Waals surface area contributed by atoms with Gasteiger partial charge in [-0.25, -0.2) is 8.42 Å². The molecule has 0 heterocycles. The van der Waals surface area contributed by atoms with Gasteiger partial charge in [-0.05, 0) is 43.5 Å². The van der Waals surface area contributed by atoms with Gasteiger partial charge in [0, 0.05) is 18.1 Å². The third-order valence-electron chi connectivity index (χ3n) is 5.55. The van der Waals surface area contributed by atoms with Crippen LogP contribution in [0.25, 0.3) is 0 Å². The van der Waals surface area contributed by atoms with Crippen LogP contribution in [0.4, 0.5) is 5.69 Å². The molecule has 0 bridgehead atoms. The average molecular weight is 543 g/mol. The van der Waals surface area contributed by atoms with Gasteiger partial charge in [0.25, 0.3) is 0 Å². The molecule has 0 saturated heterocycles. The summed E-state index contributed by atoms with van der Waals surface area (Å²) in [4.78, 5) is 28.1. The van der Waals surface area contributed by atoms with Crippen molar-refractivity contribution >= 4 is 50.7 Å². The summed E-state index contributed by atoms with van der Waals surface area (Å²) in [5, 5.41) is 3.32. The van der Waals surface area contributed by atoms with Gasteiger partial charge in [0.15, 0.2) is 0 Å². The monoisotopic (exact) mass is 541 g/mol. The lowest BCUT2D eigenvalue weighted by Crippen LogP contribution is -2.52. The van der Waals surface area contributed by atoms with Crippen molar-refractivity contribution in [3.63, 3.8) is 0 Å². The topological polar surface area (TPSA) is 86.8 Å². The van der Waals surface area contributed by atoms with E-state index in [4.69, 9.17) is 23.2 Å². The van der Waals surface area contributed by atoms with Crippen LogP contribution in [-0.2, 0) is 26.2 Å². The van der Waals surface area contributed by atoms with Crippen molar-refractivity contribution in [2.75, 3.05) is 23.7 Å². The van der Waals surface area contributed by atoms with E-state index in [0.29, 0.717) is 13.0 Å². The Labute approximate surface area is 218 Å². The second kappa shape index (κ2) is 13.1. The number of hydrogen-bond acceptors (Lipinski definition) is 4. The van der Waals surface area contributed by atoms with E-state index in [-0.39, 0.29) is 28.2 Å². The van der Waals surface area contributed by atoms with Gasteiger partial charge in [-0.15, -0.1) is 0 Å². The van der Waals surface area contributed by atoms with Crippen LogP contribution < -0.4 is 9.62 Å². The summed E-state index contributed by atoms with van der Waals surface area (Å²) in [6, 6.07) is 11.3. The predicted molar refractivity (Wildman–Crippen MR) is 142 cm³/mol. The quantitative estimate of drug-likeness (QED) is 0.391. The molecule has 0 spiro atoms. The molecule has 0 aliphatic carbocycles. The molecule has 0 aliphatic rings. The first-order chi connectivity index (χ1) is 16.5. The van der Waals surface area contributed by atoms with Crippen molar-refractivity contribution in [1.29, 1.82) is 0 Å². The maximum atomic E-state index is 13.6. The van der Waals surface area contributed by atoms with Crippen molar-refractivity contribution in [3.8, 4) is 0 Å². The molecule has 1 N–H and O–H groups in total. The number of hydrogen-bond donors (Lipinski definition) is 1. The highest BCUT2D eigenvalue weighted by Crippen LogP contribution is 2.31. The number of amides is 2. The van der Waals surface area contributed by atoms with E-state index in [1.807, 2.05) is 45.0 Å². The van der Waals surface area contributed by atoms with Crippen LogP contribution in [0.15, 0.2) is 42.5 Å². The van der Waals surface area contributed by atoms with Gasteiger partial charge in [-0.3, -0.25) is 13.9 Å². The highest BCUT2D eigenvalue weighted by Gasteiger charge is 2.32. The van der Waals surface area contributed by atoms with Crippen molar-refractivity contribution in [3.05, 3.63) is 63.6 Å². The van der Waals surface area contributed by atoms with Crippen LogP contribution >= 0.6 is 23.2 Å². The molecule has 0 fully saturated rings. The number of anilines is 1. The van der Waals surface area contributed by atoms with Gasteiger partial charge in [0.05, 0.1) is 17.0 Å². The summed E-state index contributed by atoms with van der Waals surface area (Å²) in [6.07, 6.45) is 3.11. The molecular formula is C25H33Cl2N3O4S. The summed E-state index contributed by atoms with van der Waals surface area (Å²) in [5.74, 6) is -0.794. The first kappa shape index (κ1) is 28.9. The molecule has 0 aliphatic heterocycles. The molecule has 7 nitrogen and oxygen atoms in total. The predicted octanol–water partition coefficient (Wildman–Crippen LogP) is 4.79. The van der Waals surface area contributed by atoms with Crippen LogP contribution in [0.5, 0.6) is 0 Å². The Kier molecular flexibility index (Phi) is 10.9. The van der Waals surface area contributed by atoms with E-state index in [0.717, 1.165) is 34.5 Å². The smallest absolute Gasteiger partial charge is 0.244 e. The third kappa shape index (κ3) is 8.40. The number of unbranched alkanes of at least 4 members (excludes halogenated alkanes) is 1. The van der Waals surface area contributed by atoms with Crippen LogP contribution in [-0.4, -0.2) is 50.5 Å². The lowest BCUT2D eigenvalue weighted by molar-refractivity contribution is -0.140. The summed E-state index contributed by atoms with van der Waals surface area (Å²) >= 11 is 12.3. The Balaban J connectivity index is 2.43. The molecule has 1 atom stereocenters. The van der Waals surface area contributed by atoms with Crippen molar-refractivity contribution in [2.45, 2.75) is 52.6 Å². The molecule has 2 amide bonds. The molecule has 2 rings (SSSR count). The minimum absolute atomic E-state index is 0.103. The van der Waals surface area contributed by atoms with Crippen molar-refractivity contribution in [1.82, 2.24) is 10.2 Å². The molecule has 2 aromatic carbocycles. The van der Waals surface area contributed by atoms with Crippen LogP contribution in [0.2, 0.25) is 10.0 Å². The third-order valence-corrected chi connectivity index (χ3v) is 7.23. The first-order valence-electron chi connectivity index (χ1n) is 11.5. The molecule has 192 valence electrons. The maximum Gasteiger partial charge on any atom is 0.244 e. The van der Waals surface area contributed by atoms with Crippen LogP contribution in [0.1, 0.15) is 44.2 Å². The zero-order chi connectivity index (χ0) is 26.2. The molecule has 0 aromatic heterocycles. The highest BCUT2D eigenvalue weighted by molar-refractivity contribution is 7.92. The summed E-state index contributed by atoms with van der Waals surface area (Å²) in [5.41, 5.74) is 2.00. The Morgan fingerprint density at radius 2 is 1.71 bits per heavy atom. The van der Waals surface area contributed by atoms with Gasteiger partial charge in [0.2, 0.25) is 21.8 Å². The fraction of sp³-hybridized carbons (Fsp3) is 0.440. The van der Waals surface area contributed by atoms with E-state index >= 15 is 0 Å². The lowest BCUT2D eigenvalue weighted by Gasteiger charge is -2.33. The van der Waals surface area contributed by atoms with E-state index in [2.05, 4.69) is 5.32 Å². The van der Waals surface area contributed by atoms with Gasteiger partial charge in [-0.1, -0.05) is 73.3 Å². The molecule has 35 heavy (non-hydrogen) atoms. The number of carbonyl (C=O) groups excluding carboxylic acids is 2. The average Bonchev–Trinajstić information content (AvgIpc) is 2.79. The maximum absolute atomic E-state index is 13.6. The largest absolute Gasteiger partial charge is 0.354 e. The van der Waals surface area contributed by atoms with Gasteiger partial charge >= 0.3 is 0 Å². The van der Waals surface area contributed by atoms with Crippen LogP contribution in [0, 0.1) is 6.92 Å². The van der Waals surface area contributed by atoms with E-state index < -0.39 is 28.5 Å². The molecule has 0 radical (unpaired) electrons. The Hall–Kier alpha value is -2.29. The standard InChI is InChI=1S/C25H33Cl2N3O4S/c1-5-7-14-28-25(32)22(6-2)29(16-19-10-8-18(3)9-11-19)24(31)17-30(35(4,33)34)23-15-20(26)12-13-21(23)27/h8-13,15,22H,5-7,14,16-17H2,1-4H3,(H,28,32)/t22-/m0/s1. The second-order valence-corrected chi connectivity index (χ2v) is 11.2. The second-order valence-electron chi connectivity index (χ2n) is 8.44. The number of rotatable bonds is 12. The Bertz CT molecular complexity index is 1120. The number of benzene rings is 2. The van der Waals surface area contributed by atoms with E-state index in [9.17, 15) is 18.0 Å².